The summed E-state index contributed by atoms with van der Waals surface area (Å²) in [5.41, 5.74) is 1.56. The van der Waals surface area contributed by atoms with Crippen LogP contribution >= 0.6 is 0 Å². The number of alkyl halides is 3. The Morgan fingerprint density at radius 1 is 0.974 bits per heavy atom. The van der Waals surface area contributed by atoms with Crippen molar-refractivity contribution in [1.82, 2.24) is 10.2 Å². The number of ketones is 1. The van der Waals surface area contributed by atoms with E-state index in [0.717, 1.165) is 24.2 Å². The van der Waals surface area contributed by atoms with Crippen LogP contribution in [0.25, 0.3) is 11.3 Å². The number of hydrogen-bond acceptors (Lipinski definition) is 6. The van der Waals surface area contributed by atoms with Crippen LogP contribution in [-0.4, -0.2) is 39.7 Å². The molecule has 0 aliphatic rings. The molecule has 38 heavy (non-hydrogen) atoms. The van der Waals surface area contributed by atoms with E-state index in [-0.39, 0.29) is 36.5 Å². The fourth-order valence-electron chi connectivity index (χ4n) is 3.70. The molecule has 2 aromatic carbocycles. The minimum absolute atomic E-state index is 0.0376. The van der Waals surface area contributed by atoms with Gasteiger partial charge in [-0.3, -0.25) is 9.59 Å². The number of benzene rings is 2. The molecule has 3 aromatic rings. The van der Waals surface area contributed by atoms with Gasteiger partial charge in [0, 0.05) is 35.7 Å². The van der Waals surface area contributed by atoms with Crippen molar-refractivity contribution in [3.05, 3.63) is 71.8 Å². The summed E-state index contributed by atoms with van der Waals surface area (Å²) in [6.45, 7) is 4.44. The van der Waals surface area contributed by atoms with E-state index in [2.05, 4.69) is 29.4 Å². The van der Waals surface area contributed by atoms with E-state index in [1.54, 1.807) is 36.4 Å². The predicted octanol–water partition coefficient (Wildman–Crippen LogP) is 6.51. The topological polar surface area (TPSA) is 101 Å². The quantitative estimate of drug-likeness (QED) is 0.244. The summed E-state index contributed by atoms with van der Waals surface area (Å²) in [6, 6.07) is 14.9. The number of ether oxygens (including phenoxy) is 1. The van der Waals surface area contributed by atoms with Crippen LogP contribution < -0.4 is 10.1 Å². The summed E-state index contributed by atoms with van der Waals surface area (Å²) in [7, 11) is 0. The second-order valence-corrected chi connectivity index (χ2v) is 9.03. The van der Waals surface area contributed by atoms with Gasteiger partial charge >= 0.3 is 12.1 Å². The number of carbonyl (C=O) groups excluding carboxylic acids is 1. The van der Waals surface area contributed by atoms with Gasteiger partial charge in [-0.25, -0.2) is 0 Å². The fourth-order valence-corrected chi connectivity index (χ4v) is 3.70. The lowest BCUT2D eigenvalue weighted by Gasteiger charge is -2.25. The lowest BCUT2D eigenvalue weighted by molar-refractivity contribution is -0.138. The van der Waals surface area contributed by atoms with Crippen molar-refractivity contribution in [3.8, 4) is 17.1 Å². The van der Waals surface area contributed by atoms with Crippen molar-refractivity contribution in [2.45, 2.75) is 51.7 Å². The Hall–Kier alpha value is -3.95. The first-order chi connectivity index (χ1) is 18.1. The van der Waals surface area contributed by atoms with Gasteiger partial charge in [0.2, 0.25) is 5.88 Å². The Kier molecular flexibility index (Phi) is 9.81. The van der Waals surface area contributed by atoms with E-state index in [9.17, 15) is 22.8 Å². The second kappa shape index (κ2) is 13.0. The number of nitrogens with zero attached hydrogens (tertiary/aromatic N) is 2. The molecule has 0 spiro atoms. The first-order valence-electron chi connectivity index (χ1n) is 12.3. The third kappa shape index (κ3) is 8.29. The van der Waals surface area contributed by atoms with Gasteiger partial charge in [-0.15, -0.1) is 10.2 Å². The van der Waals surface area contributed by atoms with Gasteiger partial charge < -0.3 is 15.2 Å². The molecular formula is C28H30F3N3O4. The van der Waals surface area contributed by atoms with Crippen LogP contribution in [0.4, 0.5) is 18.9 Å². The molecule has 2 N–H and O–H groups in total. The molecule has 1 aromatic heterocycles. The monoisotopic (exact) mass is 529 g/mol. The fraction of sp³-hybridized carbons (Fsp3) is 0.357. The molecule has 0 unspecified atom stereocenters. The van der Waals surface area contributed by atoms with Crippen molar-refractivity contribution in [1.29, 1.82) is 0 Å². The van der Waals surface area contributed by atoms with E-state index < -0.39 is 17.7 Å². The summed E-state index contributed by atoms with van der Waals surface area (Å²) in [6.07, 6.45) is -3.06. The van der Waals surface area contributed by atoms with Crippen molar-refractivity contribution in [2.24, 2.45) is 5.92 Å². The van der Waals surface area contributed by atoms with Crippen molar-refractivity contribution < 1.29 is 32.6 Å². The molecule has 0 saturated carbocycles. The molecule has 202 valence electrons. The Morgan fingerprint density at radius 2 is 1.66 bits per heavy atom. The standard InChI is InChI=1S/C28H30F3N3O4/c1-3-18(2)24(32-22-13-9-20(10-14-22)25(35)5-4-6-27(36)37)17-38-26-16-15-23(33-34-26)19-7-11-21(12-8-19)28(29,30)31/h7-16,18,24,32H,3-6,17H2,1-2H3,(H,36,37)/t18-,24+/m0/s1. The number of Topliss-reactive ketones (excluding diaryl/α,β-unsaturated/α-hetero) is 1. The van der Waals surface area contributed by atoms with E-state index >= 15 is 0 Å². The predicted molar refractivity (Wildman–Crippen MR) is 137 cm³/mol. The molecule has 1 heterocycles. The number of carbonyl (C=O) groups is 2. The lowest BCUT2D eigenvalue weighted by Crippen LogP contribution is -2.33. The Balaban J connectivity index is 1.58. The molecular weight excluding hydrogens is 499 g/mol. The Morgan fingerprint density at radius 3 is 2.21 bits per heavy atom. The van der Waals surface area contributed by atoms with E-state index in [1.165, 1.54) is 12.1 Å². The van der Waals surface area contributed by atoms with E-state index in [1.807, 2.05) is 0 Å². The van der Waals surface area contributed by atoms with Gasteiger partial charge in [-0.1, -0.05) is 32.4 Å². The first-order valence-corrected chi connectivity index (χ1v) is 12.3. The zero-order valence-electron chi connectivity index (χ0n) is 21.2. The lowest BCUT2D eigenvalue weighted by atomic mass is 9.99. The number of anilines is 1. The van der Waals surface area contributed by atoms with Crippen LogP contribution in [0.2, 0.25) is 0 Å². The third-order valence-electron chi connectivity index (χ3n) is 6.24. The average Bonchev–Trinajstić information content (AvgIpc) is 2.90. The molecule has 0 aliphatic heterocycles. The Bertz CT molecular complexity index is 1200. The molecule has 3 rings (SSSR count). The van der Waals surface area contributed by atoms with Crippen LogP contribution in [0.15, 0.2) is 60.7 Å². The normalized spacial score (nSPS) is 13.0. The molecule has 0 amide bonds. The van der Waals surface area contributed by atoms with Gasteiger partial charge in [-0.05, 0) is 54.8 Å². The third-order valence-corrected chi connectivity index (χ3v) is 6.24. The number of carboxylic acids is 1. The molecule has 0 radical (unpaired) electrons. The summed E-state index contributed by atoms with van der Waals surface area (Å²) in [5, 5.41) is 20.3. The molecule has 2 atom stereocenters. The maximum Gasteiger partial charge on any atom is 0.416 e. The van der Waals surface area contributed by atoms with Crippen LogP contribution in [0.1, 0.15) is 55.5 Å². The van der Waals surface area contributed by atoms with E-state index in [0.29, 0.717) is 29.8 Å². The summed E-state index contributed by atoms with van der Waals surface area (Å²) in [5.74, 6) is -0.487. The van der Waals surface area contributed by atoms with Crippen molar-refractivity contribution in [2.75, 3.05) is 11.9 Å². The van der Waals surface area contributed by atoms with Crippen LogP contribution in [0.5, 0.6) is 5.88 Å². The zero-order chi connectivity index (χ0) is 27.7. The molecule has 0 fully saturated rings. The van der Waals surface area contributed by atoms with Gasteiger partial charge in [0.25, 0.3) is 0 Å². The smallest absolute Gasteiger partial charge is 0.416 e. The number of nitrogens with one attached hydrogen (secondary N) is 1. The number of aromatic nitrogens is 2. The molecule has 0 aliphatic carbocycles. The second-order valence-electron chi connectivity index (χ2n) is 9.03. The molecule has 0 bridgehead atoms. The minimum Gasteiger partial charge on any atom is -0.481 e. The summed E-state index contributed by atoms with van der Waals surface area (Å²) in [4.78, 5) is 22.9. The maximum absolute atomic E-state index is 12.8. The largest absolute Gasteiger partial charge is 0.481 e. The highest BCUT2D eigenvalue weighted by Gasteiger charge is 2.30. The molecule has 10 heteroatoms. The van der Waals surface area contributed by atoms with Crippen LogP contribution in [0, 0.1) is 5.92 Å². The van der Waals surface area contributed by atoms with Crippen molar-refractivity contribution in [3.63, 3.8) is 0 Å². The highest BCUT2D eigenvalue weighted by molar-refractivity contribution is 5.96. The highest BCUT2D eigenvalue weighted by atomic mass is 19.4. The van der Waals surface area contributed by atoms with Gasteiger partial charge in [0.1, 0.15) is 6.61 Å². The number of halogens is 3. The Labute approximate surface area is 219 Å². The average molecular weight is 530 g/mol. The number of hydrogen-bond donors (Lipinski definition) is 2. The highest BCUT2D eigenvalue weighted by Crippen LogP contribution is 2.30. The molecule has 7 nitrogen and oxygen atoms in total. The van der Waals surface area contributed by atoms with Gasteiger partial charge in [0.05, 0.1) is 17.3 Å². The van der Waals surface area contributed by atoms with E-state index in [4.69, 9.17) is 9.84 Å². The number of rotatable bonds is 13. The van der Waals surface area contributed by atoms with Gasteiger partial charge in [0.15, 0.2) is 5.78 Å². The van der Waals surface area contributed by atoms with Gasteiger partial charge in [-0.2, -0.15) is 13.2 Å². The minimum atomic E-state index is -4.40. The summed E-state index contributed by atoms with van der Waals surface area (Å²) >= 11 is 0. The molecule has 0 saturated heterocycles. The van der Waals surface area contributed by atoms with Crippen molar-refractivity contribution >= 4 is 17.4 Å². The number of aliphatic carboxylic acids is 1. The van der Waals surface area contributed by atoms with Crippen LogP contribution in [-0.2, 0) is 11.0 Å². The SMILES string of the molecule is CC[C@H](C)[C@@H](COc1ccc(-c2ccc(C(F)(F)F)cc2)nn1)Nc1ccc(C(=O)CCCC(=O)O)cc1. The summed E-state index contributed by atoms with van der Waals surface area (Å²) < 4.78 is 44.2. The first kappa shape index (κ1) is 28.6. The zero-order valence-corrected chi connectivity index (χ0v) is 21.2. The maximum atomic E-state index is 12.8. The van der Waals surface area contributed by atoms with Crippen LogP contribution in [0.3, 0.4) is 0 Å². The number of carboxylic acid groups (broad SMARTS) is 1.